The van der Waals surface area contributed by atoms with Gasteiger partial charge in [-0.05, 0) is 27.6 Å². The van der Waals surface area contributed by atoms with E-state index in [-0.39, 0.29) is 0 Å². The van der Waals surface area contributed by atoms with Crippen molar-refractivity contribution in [2.45, 2.75) is 0 Å². The van der Waals surface area contributed by atoms with E-state index >= 15 is 0 Å². The molecule has 0 amide bonds. The first kappa shape index (κ1) is 9.21. The molecule has 2 nitrogen and oxygen atoms in total. The smallest absolute Gasteiger partial charge is 0.128 e. The van der Waals surface area contributed by atoms with Crippen LogP contribution in [-0.4, -0.2) is 4.98 Å². The van der Waals surface area contributed by atoms with Gasteiger partial charge in [0.15, 0.2) is 0 Å². The zero-order chi connectivity index (χ0) is 9.97. The van der Waals surface area contributed by atoms with Crippen LogP contribution in [0.3, 0.4) is 0 Å². The van der Waals surface area contributed by atoms with E-state index in [1.807, 2.05) is 36.4 Å². The van der Waals surface area contributed by atoms with Crippen LogP contribution in [-0.2, 0) is 0 Å². The lowest BCUT2D eigenvalue weighted by Gasteiger charge is -2.02. The Kier molecular flexibility index (Phi) is 2.50. The van der Waals surface area contributed by atoms with Crippen LogP contribution in [0.25, 0.3) is 11.1 Å². The Bertz CT molecular complexity index is 440. The van der Waals surface area contributed by atoms with Gasteiger partial charge >= 0.3 is 0 Å². The summed E-state index contributed by atoms with van der Waals surface area (Å²) in [5.74, 6) is 0. The number of rotatable bonds is 1. The minimum atomic E-state index is 0.659. The third kappa shape index (κ3) is 1.77. The van der Waals surface area contributed by atoms with Crippen LogP contribution in [0.4, 0.5) is 5.69 Å². The van der Waals surface area contributed by atoms with E-state index in [1.54, 1.807) is 6.20 Å². The third-order valence-electron chi connectivity index (χ3n) is 1.97. The minimum Gasteiger partial charge on any atom is -0.397 e. The van der Waals surface area contributed by atoms with Crippen molar-refractivity contribution in [1.82, 2.24) is 4.98 Å². The van der Waals surface area contributed by atoms with Gasteiger partial charge in [-0.25, -0.2) is 4.98 Å². The van der Waals surface area contributed by atoms with Gasteiger partial charge in [0.2, 0.25) is 0 Å². The maximum atomic E-state index is 5.75. The maximum absolute atomic E-state index is 5.75. The fourth-order valence-corrected chi connectivity index (χ4v) is 1.47. The second-order valence-corrected chi connectivity index (χ2v) is 3.72. The molecule has 0 aliphatic rings. The molecule has 2 aromatic rings. The number of anilines is 1. The molecular formula is C11H9BrN2. The van der Waals surface area contributed by atoms with Crippen LogP contribution in [0.5, 0.6) is 0 Å². The molecule has 1 aromatic carbocycles. The second-order valence-electron chi connectivity index (χ2n) is 2.97. The van der Waals surface area contributed by atoms with Crippen molar-refractivity contribution >= 4 is 21.6 Å². The molecule has 1 heterocycles. The van der Waals surface area contributed by atoms with Crippen molar-refractivity contribution in [3.05, 3.63) is 47.2 Å². The van der Waals surface area contributed by atoms with Gasteiger partial charge in [-0.3, -0.25) is 0 Å². The van der Waals surface area contributed by atoms with Crippen LogP contribution in [0.2, 0.25) is 0 Å². The SMILES string of the molecule is Nc1cc(-c2ccccc2)cnc1Br. The zero-order valence-electron chi connectivity index (χ0n) is 7.44. The van der Waals surface area contributed by atoms with Gasteiger partial charge < -0.3 is 5.73 Å². The van der Waals surface area contributed by atoms with Crippen molar-refractivity contribution in [3.8, 4) is 11.1 Å². The summed E-state index contributed by atoms with van der Waals surface area (Å²) >= 11 is 3.27. The summed E-state index contributed by atoms with van der Waals surface area (Å²) in [5, 5.41) is 0. The number of halogens is 1. The molecule has 14 heavy (non-hydrogen) atoms. The molecule has 0 aliphatic carbocycles. The lowest BCUT2D eigenvalue weighted by Crippen LogP contribution is -1.90. The molecule has 0 saturated carbocycles. The van der Waals surface area contributed by atoms with Crippen LogP contribution in [0.15, 0.2) is 47.2 Å². The lowest BCUT2D eigenvalue weighted by atomic mass is 10.1. The molecule has 0 saturated heterocycles. The average Bonchev–Trinajstić information content (AvgIpc) is 2.23. The topological polar surface area (TPSA) is 38.9 Å². The summed E-state index contributed by atoms with van der Waals surface area (Å²) in [4.78, 5) is 4.15. The van der Waals surface area contributed by atoms with Crippen LogP contribution in [0.1, 0.15) is 0 Å². The van der Waals surface area contributed by atoms with E-state index in [9.17, 15) is 0 Å². The van der Waals surface area contributed by atoms with Crippen molar-refractivity contribution in [2.24, 2.45) is 0 Å². The molecule has 0 unspecified atom stereocenters. The van der Waals surface area contributed by atoms with Gasteiger partial charge in [0.05, 0.1) is 5.69 Å². The number of nitrogens with zero attached hydrogens (tertiary/aromatic N) is 1. The van der Waals surface area contributed by atoms with Gasteiger partial charge in [-0.1, -0.05) is 30.3 Å². The van der Waals surface area contributed by atoms with E-state index in [1.165, 1.54) is 0 Å². The Morgan fingerprint density at radius 1 is 1.07 bits per heavy atom. The predicted octanol–water partition coefficient (Wildman–Crippen LogP) is 3.09. The summed E-state index contributed by atoms with van der Waals surface area (Å²) in [5.41, 5.74) is 8.57. The molecule has 70 valence electrons. The normalized spacial score (nSPS) is 10.1. The Labute approximate surface area is 90.9 Å². The number of pyridine rings is 1. The van der Waals surface area contributed by atoms with Crippen molar-refractivity contribution in [3.63, 3.8) is 0 Å². The third-order valence-corrected chi connectivity index (χ3v) is 2.64. The van der Waals surface area contributed by atoms with E-state index < -0.39 is 0 Å². The van der Waals surface area contributed by atoms with Gasteiger partial charge in [0.25, 0.3) is 0 Å². The lowest BCUT2D eigenvalue weighted by molar-refractivity contribution is 1.28. The van der Waals surface area contributed by atoms with Gasteiger partial charge in [0.1, 0.15) is 4.60 Å². The fraction of sp³-hybridized carbons (Fsp3) is 0. The quantitative estimate of drug-likeness (QED) is 0.788. The van der Waals surface area contributed by atoms with Crippen LogP contribution < -0.4 is 5.73 Å². The molecule has 2 N–H and O–H groups in total. The second kappa shape index (κ2) is 3.80. The molecule has 3 heteroatoms. The summed E-state index contributed by atoms with van der Waals surface area (Å²) in [6.45, 7) is 0. The number of benzene rings is 1. The van der Waals surface area contributed by atoms with Crippen molar-refractivity contribution in [2.75, 3.05) is 5.73 Å². The Morgan fingerprint density at radius 2 is 1.79 bits per heavy atom. The Hall–Kier alpha value is -1.35. The highest BCUT2D eigenvalue weighted by molar-refractivity contribution is 9.10. The van der Waals surface area contributed by atoms with Crippen molar-refractivity contribution in [1.29, 1.82) is 0 Å². The van der Waals surface area contributed by atoms with Gasteiger partial charge in [0, 0.05) is 11.8 Å². The minimum absolute atomic E-state index is 0.659. The first-order valence-electron chi connectivity index (χ1n) is 4.24. The number of hydrogen-bond acceptors (Lipinski definition) is 2. The standard InChI is InChI=1S/C11H9BrN2/c12-11-10(13)6-9(7-14-11)8-4-2-1-3-5-8/h1-7H,13H2. The molecule has 0 aliphatic heterocycles. The fourth-order valence-electron chi connectivity index (χ4n) is 1.25. The number of nitrogens with two attached hydrogens (primary N) is 1. The first-order valence-corrected chi connectivity index (χ1v) is 5.03. The highest BCUT2D eigenvalue weighted by Gasteiger charge is 2.00. The van der Waals surface area contributed by atoms with Gasteiger partial charge in [-0.15, -0.1) is 0 Å². The Balaban J connectivity index is 2.48. The monoisotopic (exact) mass is 248 g/mol. The van der Waals surface area contributed by atoms with Crippen LogP contribution >= 0.6 is 15.9 Å². The molecule has 2 rings (SSSR count). The average molecular weight is 249 g/mol. The summed E-state index contributed by atoms with van der Waals surface area (Å²) in [7, 11) is 0. The van der Waals surface area contributed by atoms with E-state index in [0.717, 1.165) is 11.1 Å². The molecular weight excluding hydrogens is 240 g/mol. The zero-order valence-corrected chi connectivity index (χ0v) is 9.03. The number of aromatic nitrogens is 1. The molecule has 0 bridgehead atoms. The van der Waals surface area contributed by atoms with Gasteiger partial charge in [-0.2, -0.15) is 0 Å². The summed E-state index contributed by atoms with van der Waals surface area (Å²) in [6.07, 6.45) is 1.80. The first-order chi connectivity index (χ1) is 6.77. The maximum Gasteiger partial charge on any atom is 0.128 e. The molecule has 0 radical (unpaired) electrons. The number of hydrogen-bond donors (Lipinski definition) is 1. The largest absolute Gasteiger partial charge is 0.397 e. The number of nitrogen functional groups attached to an aromatic ring is 1. The molecule has 0 spiro atoms. The van der Waals surface area contributed by atoms with E-state index in [0.29, 0.717) is 10.3 Å². The van der Waals surface area contributed by atoms with E-state index in [2.05, 4.69) is 20.9 Å². The molecule has 0 atom stereocenters. The summed E-state index contributed by atoms with van der Waals surface area (Å²) < 4.78 is 0.692. The molecule has 1 aromatic heterocycles. The predicted molar refractivity (Wildman–Crippen MR) is 61.8 cm³/mol. The van der Waals surface area contributed by atoms with E-state index in [4.69, 9.17) is 5.73 Å². The summed E-state index contributed by atoms with van der Waals surface area (Å²) in [6, 6.07) is 11.9. The molecule has 0 fully saturated rings. The van der Waals surface area contributed by atoms with Crippen molar-refractivity contribution < 1.29 is 0 Å². The highest BCUT2D eigenvalue weighted by Crippen LogP contribution is 2.24. The highest BCUT2D eigenvalue weighted by atomic mass is 79.9. The Morgan fingerprint density at radius 3 is 2.43 bits per heavy atom. The van der Waals surface area contributed by atoms with Crippen LogP contribution in [0, 0.1) is 0 Å².